The van der Waals surface area contributed by atoms with Gasteiger partial charge in [0, 0.05) is 23.5 Å². The van der Waals surface area contributed by atoms with Crippen molar-refractivity contribution in [2.24, 2.45) is 0 Å². The van der Waals surface area contributed by atoms with Crippen LogP contribution >= 0.6 is 28.3 Å². The Bertz CT molecular complexity index is 774. The summed E-state index contributed by atoms with van der Waals surface area (Å²) in [6.45, 7) is 2.22. The molecule has 1 amide bonds. The van der Waals surface area contributed by atoms with Gasteiger partial charge in [-0.1, -0.05) is 15.9 Å². The van der Waals surface area contributed by atoms with E-state index in [9.17, 15) is 9.59 Å². The van der Waals surface area contributed by atoms with Gasteiger partial charge in [0.15, 0.2) is 0 Å². The molecule has 0 saturated carbocycles. The van der Waals surface area contributed by atoms with E-state index in [2.05, 4.69) is 31.5 Å². The molecule has 2 heterocycles. The van der Waals surface area contributed by atoms with Crippen LogP contribution in [0.3, 0.4) is 0 Å². The number of fused-ring (bicyclic) bond motifs is 1. The summed E-state index contributed by atoms with van der Waals surface area (Å²) in [6.07, 6.45) is 3.70. The summed E-state index contributed by atoms with van der Waals surface area (Å²) in [5, 5.41) is 6.85. The first kappa shape index (κ1) is 18.9. The molecule has 24 heavy (non-hydrogen) atoms. The molecule has 1 aliphatic heterocycles. The number of carbonyl (C=O) groups excluding carboxylic acids is 1. The van der Waals surface area contributed by atoms with E-state index in [1.165, 1.54) is 10.9 Å². The highest BCUT2D eigenvalue weighted by molar-refractivity contribution is 9.10. The normalized spacial score (nSPS) is 15.0. The quantitative estimate of drug-likeness (QED) is 0.799. The molecule has 6 nitrogen and oxygen atoms in total. The zero-order chi connectivity index (χ0) is 16.2. The zero-order valence-electron chi connectivity index (χ0n) is 13.1. The maximum atomic E-state index is 12.4. The Hall–Kier alpha value is -1.44. The highest BCUT2D eigenvalue weighted by Gasteiger charge is 2.15. The van der Waals surface area contributed by atoms with E-state index in [0.29, 0.717) is 17.4 Å². The van der Waals surface area contributed by atoms with Crippen molar-refractivity contribution < 1.29 is 4.79 Å². The van der Waals surface area contributed by atoms with Crippen LogP contribution in [0.15, 0.2) is 33.8 Å². The summed E-state index contributed by atoms with van der Waals surface area (Å²) in [5.41, 5.74) is 0.541. The Kier molecular flexibility index (Phi) is 6.77. The largest absolute Gasteiger partial charge is 0.353 e. The van der Waals surface area contributed by atoms with E-state index in [4.69, 9.17) is 0 Å². The second kappa shape index (κ2) is 8.60. The maximum absolute atomic E-state index is 12.4. The molecule has 8 heteroatoms. The molecule has 1 saturated heterocycles. The Labute approximate surface area is 154 Å². The van der Waals surface area contributed by atoms with Crippen molar-refractivity contribution in [1.29, 1.82) is 0 Å². The molecular weight excluding hydrogens is 396 g/mol. The number of carbonyl (C=O) groups is 1. The summed E-state index contributed by atoms with van der Waals surface area (Å²) in [7, 11) is 0. The van der Waals surface area contributed by atoms with E-state index in [0.717, 1.165) is 30.4 Å². The van der Waals surface area contributed by atoms with E-state index in [1.54, 1.807) is 12.1 Å². The lowest BCUT2D eigenvalue weighted by Gasteiger charge is -2.23. The van der Waals surface area contributed by atoms with Gasteiger partial charge >= 0.3 is 0 Å². The maximum Gasteiger partial charge on any atom is 0.261 e. The molecule has 2 N–H and O–H groups in total. The van der Waals surface area contributed by atoms with E-state index >= 15 is 0 Å². The van der Waals surface area contributed by atoms with Crippen molar-refractivity contribution in [3.63, 3.8) is 0 Å². The second-order valence-electron chi connectivity index (χ2n) is 5.75. The van der Waals surface area contributed by atoms with Gasteiger partial charge in [0.25, 0.3) is 5.56 Å². The minimum atomic E-state index is -0.119. The fourth-order valence-corrected chi connectivity index (χ4v) is 3.14. The predicted molar refractivity (Wildman–Crippen MR) is 99.6 cm³/mol. The van der Waals surface area contributed by atoms with Crippen molar-refractivity contribution in [3.8, 4) is 0 Å². The van der Waals surface area contributed by atoms with Crippen LogP contribution in [0.5, 0.6) is 0 Å². The Morgan fingerprint density at radius 3 is 2.88 bits per heavy atom. The highest BCUT2D eigenvalue weighted by atomic mass is 79.9. The van der Waals surface area contributed by atoms with Crippen LogP contribution in [0.1, 0.15) is 19.3 Å². The third kappa shape index (κ3) is 4.55. The smallest absolute Gasteiger partial charge is 0.261 e. The monoisotopic (exact) mass is 414 g/mol. The molecule has 1 fully saturated rings. The van der Waals surface area contributed by atoms with Crippen LogP contribution in [-0.4, -0.2) is 34.6 Å². The molecule has 1 aliphatic rings. The van der Waals surface area contributed by atoms with Crippen molar-refractivity contribution in [2.75, 3.05) is 13.1 Å². The number of halogens is 2. The molecule has 1 aromatic heterocycles. The van der Waals surface area contributed by atoms with E-state index in [1.807, 2.05) is 6.07 Å². The molecule has 2 aromatic rings. The summed E-state index contributed by atoms with van der Waals surface area (Å²) < 4.78 is 2.34. The molecule has 130 valence electrons. The van der Waals surface area contributed by atoms with Crippen LogP contribution in [0.25, 0.3) is 10.9 Å². The van der Waals surface area contributed by atoms with Gasteiger partial charge in [0.05, 0.1) is 17.2 Å². The first-order valence-electron chi connectivity index (χ1n) is 7.78. The molecule has 0 unspecified atom stereocenters. The standard InChI is InChI=1S/C16H19BrN4O2.ClH/c17-11-1-2-14-13(9-11)16(23)21(10-19-14)8-5-15(22)20-12-3-6-18-7-4-12;/h1-2,9-10,12,18H,3-8H2,(H,20,22);1H. The number of rotatable bonds is 4. The molecule has 0 radical (unpaired) electrons. The third-order valence-electron chi connectivity index (χ3n) is 4.07. The van der Waals surface area contributed by atoms with Crippen LogP contribution in [0.4, 0.5) is 0 Å². The number of nitrogens with one attached hydrogen (secondary N) is 2. The van der Waals surface area contributed by atoms with Gasteiger partial charge in [0.2, 0.25) is 5.91 Å². The lowest BCUT2D eigenvalue weighted by atomic mass is 10.1. The average molecular weight is 416 g/mol. The Balaban J connectivity index is 0.00000208. The fraction of sp³-hybridized carbons (Fsp3) is 0.438. The highest BCUT2D eigenvalue weighted by Crippen LogP contribution is 2.14. The van der Waals surface area contributed by atoms with E-state index in [-0.39, 0.29) is 36.3 Å². The van der Waals surface area contributed by atoms with Crippen LogP contribution < -0.4 is 16.2 Å². The predicted octanol–water partition coefficient (Wildman–Crippen LogP) is 1.84. The summed E-state index contributed by atoms with van der Waals surface area (Å²) in [6, 6.07) is 5.66. The first-order chi connectivity index (χ1) is 11.1. The molecule has 1 aromatic carbocycles. The number of aromatic nitrogens is 2. The number of amides is 1. The number of benzene rings is 1. The van der Waals surface area contributed by atoms with Gasteiger partial charge in [-0.2, -0.15) is 0 Å². The minimum Gasteiger partial charge on any atom is -0.353 e. The van der Waals surface area contributed by atoms with Gasteiger partial charge in [0.1, 0.15) is 0 Å². The average Bonchev–Trinajstić information content (AvgIpc) is 2.56. The lowest BCUT2D eigenvalue weighted by Crippen LogP contribution is -2.43. The van der Waals surface area contributed by atoms with Crippen molar-refractivity contribution in [3.05, 3.63) is 39.4 Å². The molecule has 0 spiro atoms. The zero-order valence-corrected chi connectivity index (χ0v) is 15.5. The van der Waals surface area contributed by atoms with Gasteiger partial charge in [-0.05, 0) is 44.1 Å². The molecule has 3 rings (SSSR count). The SMILES string of the molecule is Cl.O=C(CCn1cnc2ccc(Br)cc2c1=O)NC1CCNCC1. The number of hydrogen-bond acceptors (Lipinski definition) is 4. The molecule has 0 bridgehead atoms. The number of nitrogens with zero attached hydrogens (tertiary/aromatic N) is 2. The fourth-order valence-electron chi connectivity index (χ4n) is 2.78. The second-order valence-corrected chi connectivity index (χ2v) is 6.66. The number of hydrogen-bond donors (Lipinski definition) is 2. The summed E-state index contributed by atoms with van der Waals surface area (Å²) >= 11 is 3.36. The number of piperidine rings is 1. The van der Waals surface area contributed by atoms with Gasteiger partial charge < -0.3 is 10.6 Å². The van der Waals surface area contributed by atoms with Crippen molar-refractivity contribution in [1.82, 2.24) is 20.2 Å². The first-order valence-corrected chi connectivity index (χ1v) is 8.57. The van der Waals surface area contributed by atoms with Gasteiger partial charge in [-0.3, -0.25) is 14.2 Å². The topological polar surface area (TPSA) is 76.0 Å². The van der Waals surface area contributed by atoms with Crippen molar-refractivity contribution in [2.45, 2.75) is 31.8 Å². The van der Waals surface area contributed by atoms with Gasteiger partial charge in [-0.25, -0.2) is 4.98 Å². The summed E-state index contributed by atoms with van der Waals surface area (Å²) in [4.78, 5) is 28.8. The van der Waals surface area contributed by atoms with Crippen molar-refractivity contribution >= 4 is 45.1 Å². The van der Waals surface area contributed by atoms with Crippen LogP contribution in [-0.2, 0) is 11.3 Å². The Morgan fingerprint density at radius 2 is 2.12 bits per heavy atom. The van der Waals surface area contributed by atoms with Crippen LogP contribution in [0, 0.1) is 0 Å². The minimum absolute atomic E-state index is 0. The van der Waals surface area contributed by atoms with E-state index < -0.39 is 0 Å². The van der Waals surface area contributed by atoms with Crippen LogP contribution in [0.2, 0.25) is 0 Å². The number of aryl methyl sites for hydroxylation is 1. The van der Waals surface area contributed by atoms with Gasteiger partial charge in [-0.15, -0.1) is 12.4 Å². The summed E-state index contributed by atoms with van der Waals surface area (Å²) in [5.74, 6) is -0.0156. The molecule has 0 atom stereocenters. The molecule has 0 aliphatic carbocycles. The Morgan fingerprint density at radius 1 is 1.38 bits per heavy atom. The lowest BCUT2D eigenvalue weighted by molar-refractivity contribution is -0.122. The molecular formula is C16H20BrClN4O2. The third-order valence-corrected chi connectivity index (χ3v) is 4.56.